The number of thioether (sulfide) groups is 1. The Hall–Kier alpha value is -4.35. The number of rotatable bonds is 7. The highest BCUT2D eigenvalue weighted by Crippen LogP contribution is 2.46. The van der Waals surface area contributed by atoms with Gasteiger partial charge in [-0.3, -0.25) is 14.9 Å². The molecule has 0 bridgehead atoms. The lowest BCUT2D eigenvalue weighted by Gasteiger charge is -2.39. The van der Waals surface area contributed by atoms with Gasteiger partial charge in [0.15, 0.2) is 0 Å². The number of anilines is 1. The van der Waals surface area contributed by atoms with E-state index in [0.717, 1.165) is 35.1 Å². The Balaban J connectivity index is 0.000000830. The molecule has 4 aromatic rings. The number of ether oxygens (including phenoxy) is 2. The zero-order valence-electron chi connectivity index (χ0n) is 23.4. The molecule has 11 heteroatoms. The molecule has 6 rings (SSSR count). The van der Waals surface area contributed by atoms with E-state index in [0.29, 0.717) is 23.3 Å². The van der Waals surface area contributed by atoms with Crippen molar-refractivity contribution in [1.82, 2.24) is 15.5 Å². The molecule has 0 spiro atoms. The van der Waals surface area contributed by atoms with Gasteiger partial charge in [-0.05, 0) is 47.9 Å². The van der Waals surface area contributed by atoms with E-state index >= 15 is 0 Å². The minimum absolute atomic E-state index is 0.103. The molecule has 0 radical (unpaired) electrons. The summed E-state index contributed by atoms with van der Waals surface area (Å²) in [4.78, 5) is 21.6. The Kier molecular flexibility index (Phi) is 9.09. The van der Waals surface area contributed by atoms with E-state index in [-0.39, 0.29) is 24.0 Å². The fraction of sp³-hybridized carbons (Fsp3) is 0.290. The fourth-order valence-corrected chi connectivity index (χ4v) is 6.22. The Morgan fingerprint density at radius 2 is 1.79 bits per heavy atom. The van der Waals surface area contributed by atoms with Crippen molar-refractivity contribution in [2.45, 2.75) is 48.4 Å². The number of methoxy groups -OCH3 is 2. The minimum Gasteiger partial charge on any atom is -0.496 e. The van der Waals surface area contributed by atoms with E-state index in [4.69, 9.17) is 23.8 Å². The molecule has 3 heterocycles. The van der Waals surface area contributed by atoms with Crippen LogP contribution in [0, 0.1) is 0 Å². The number of aliphatic carboxylic acids is 1. The van der Waals surface area contributed by atoms with E-state index < -0.39 is 12.0 Å². The van der Waals surface area contributed by atoms with Gasteiger partial charge in [-0.2, -0.15) is 0 Å². The Morgan fingerprint density at radius 3 is 2.52 bits per heavy atom. The van der Waals surface area contributed by atoms with Crippen molar-refractivity contribution >= 4 is 29.4 Å². The zero-order chi connectivity index (χ0) is 29.6. The van der Waals surface area contributed by atoms with Crippen molar-refractivity contribution in [3.05, 3.63) is 89.5 Å². The van der Waals surface area contributed by atoms with E-state index in [1.54, 1.807) is 7.11 Å². The molecule has 2 aliphatic heterocycles. The topological polar surface area (TPSA) is 136 Å². The molecule has 2 aliphatic rings. The van der Waals surface area contributed by atoms with Gasteiger partial charge in [0.2, 0.25) is 5.89 Å². The van der Waals surface area contributed by atoms with Crippen molar-refractivity contribution < 1.29 is 28.6 Å². The average molecular weight is 589 g/mol. The molecule has 3 aromatic carbocycles. The summed E-state index contributed by atoms with van der Waals surface area (Å²) in [7, 11) is 3.11. The summed E-state index contributed by atoms with van der Waals surface area (Å²) < 4.78 is 16.7. The molecule has 10 nitrogen and oxygen atoms in total. The second-order valence-corrected chi connectivity index (χ2v) is 10.9. The van der Waals surface area contributed by atoms with Gasteiger partial charge >= 0.3 is 5.97 Å². The molecular weight excluding hydrogens is 556 g/mol. The number of benzene rings is 3. The summed E-state index contributed by atoms with van der Waals surface area (Å²) in [6.45, 7) is 1.08. The summed E-state index contributed by atoms with van der Waals surface area (Å²) in [5, 5.41) is 23.6. The number of carbonyl (C=O) groups is 2. The lowest BCUT2D eigenvalue weighted by molar-refractivity contribution is -0.144. The number of carbonyl (C=O) groups excluding carboxylic acids is 1. The predicted octanol–water partition coefficient (Wildman–Crippen LogP) is 5.28. The molecule has 4 atom stereocenters. The maximum absolute atomic E-state index is 12.6. The van der Waals surface area contributed by atoms with Crippen LogP contribution >= 0.6 is 11.8 Å². The van der Waals surface area contributed by atoms with Crippen LogP contribution in [-0.2, 0) is 20.1 Å². The molecule has 0 saturated carbocycles. The van der Waals surface area contributed by atoms with Crippen molar-refractivity contribution in [3.63, 3.8) is 0 Å². The minimum atomic E-state index is -0.833. The lowest BCUT2D eigenvalue weighted by atomic mass is 9.79. The average Bonchev–Trinajstić information content (AvgIpc) is 3.64. The van der Waals surface area contributed by atoms with Crippen molar-refractivity contribution in [3.8, 4) is 17.2 Å². The third-order valence-corrected chi connectivity index (χ3v) is 8.14. The van der Waals surface area contributed by atoms with Crippen LogP contribution in [0.3, 0.4) is 0 Å². The van der Waals surface area contributed by atoms with Crippen LogP contribution in [0.2, 0.25) is 0 Å². The number of hydrogen-bond acceptors (Lipinski definition) is 10. The van der Waals surface area contributed by atoms with Gasteiger partial charge < -0.3 is 24.3 Å². The zero-order valence-corrected chi connectivity index (χ0v) is 24.3. The first-order chi connectivity index (χ1) is 20.4. The highest BCUT2D eigenvalue weighted by molar-refractivity contribution is 7.98. The van der Waals surface area contributed by atoms with Gasteiger partial charge in [0.1, 0.15) is 11.8 Å². The number of carboxylic acids is 1. The molecule has 1 aromatic heterocycles. The monoisotopic (exact) mass is 588 g/mol. The Labute approximate surface area is 247 Å². The third kappa shape index (κ3) is 6.42. The summed E-state index contributed by atoms with van der Waals surface area (Å²) in [6, 6.07) is 23.8. The first-order valence-electron chi connectivity index (χ1n) is 13.4. The van der Waals surface area contributed by atoms with Crippen LogP contribution in [-0.4, -0.2) is 53.5 Å². The molecule has 0 aliphatic carbocycles. The molecule has 0 amide bonds. The molecule has 1 saturated heterocycles. The number of nitrogens with zero attached hydrogens (tertiary/aromatic N) is 2. The molecule has 1 fully saturated rings. The number of nitrogens with one attached hydrogen (secondary N) is 2. The van der Waals surface area contributed by atoms with Crippen LogP contribution < -0.4 is 15.4 Å². The lowest BCUT2D eigenvalue weighted by Crippen LogP contribution is -2.52. The van der Waals surface area contributed by atoms with Gasteiger partial charge in [-0.25, -0.2) is 0 Å². The van der Waals surface area contributed by atoms with Crippen LogP contribution in [0.15, 0.2) is 82.4 Å². The molecule has 3 N–H and O–H groups in total. The van der Waals surface area contributed by atoms with Crippen LogP contribution in [0.4, 0.5) is 5.69 Å². The second-order valence-electron chi connectivity index (χ2n) is 9.94. The summed E-state index contributed by atoms with van der Waals surface area (Å²) >= 11 is 1.46. The smallest absolute Gasteiger partial charge is 0.322 e. The Bertz CT molecular complexity index is 1540. The predicted molar refractivity (Wildman–Crippen MR) is 158 cm³/mol. The van der Waals surface area contributed by atoms with E-state index in [1.807, 2.05) is 42.5 Å². The Morgan fingerprint density at radius 1 is 1.05 bits per heavy atom. The molecule has 42 heavy (non-hydrogen) atoms. The molecule has 4 unspecified atom stereocenters. The SMILES string of the molecule is CC(=O)O.COC(=O)C1CC2c3ccccc3NC2C(c2ccc(OC)c(CSc3nnc(-c4ccccc4)o3)c2)N1. The largest absolute Gasteiger partial charge is 0.496 e. The third-order valence-electron chi connectivity index (χ3n) is 7.27. The van der Waals surface area contributed by atoms with Gasteiger partial charge in [0.05, 0.1) is 26.3 Å². The normalized spacial score (nSPS) is 20.3. The fourth-order valence-electron chi connectivity index (χ4n) is 5.48. The number of piperidine rings is 1. The first kappa shape index (κ1) is 29.2. The first-order valence-corrected chi connectivity index (χ1v) is 14.4. The van der Waals surface area contributed by atoms with E-state index in [1.165, 1.54) is 24.4 Å². The van der Waals surface area contributed by atoms with Crippen molar-refractivity contribution in [1.29, 1.82) is 0 Å². The second kappa shape index (κ2) is 13.1. The van der Waals surface area contributed by atoms with E-state index in [2.05, 4.69) is 51.2 Å². The highest BCUT2D eigenvalue weighted by Gasteiger charge is 2.45. The molecular formula is C31H32N4O6S. The summed E-state index contributed by atoms with van der Waals surface area (Å²) in [5.74, 6) is 0.974. The van der Waals surface area contributed by atoms with Crippen molar-refractivity contribution in [2.75, 3.05) is 19.5 Å². The number of esters is 1. The van der Waals surface area contributed by atoms with Crippen LogP contribution in [0.1, 0.15) is 42.0 Å². The van der Waals surface area contributed by atoms with Gasteiger partial charge in [-0.1, -0.05) is 54.2 Å². The number of hydrogen-bond donors (Lipinski definition) is 3. The number of fused-ring (bicyclic) bond motifs is 3. The quantitative estimate of drug-likeness (QED) is 0.192. The number of aromatic nitrogens is 2. The van der Waals surface area contributed by atoms with Gasteiger partial charge in [0, 0.05) is 35.4 Å². The maximum Gasteiger partial charge on any atom is 0.322 e. The van der Waals surface area contributed by atoms with Gasteiger partial charge in [-0.15, -0.1) is 10.2 Å². The van der Waals surface area contributed by atoms with Crippen LogP contribution in [0.25, 0.3) is 11.5 Å². The highest BCUT2D eigenvalue weighted by atomic mass is 32.2. The number of carboxylic acid groups (broad SMARTS) is 1. The standard InChI is InChI=1S/C29H28N4O4S.C2H4O2/c1-35-24-13-12-18(14-19(24)16-38-29-33-32-27(37-29)17-8-4-3-5-9-17)25-26-21(15-23(31-25)28(34)36-2)20-10-6-7-11-22(20)30-26;1-2(3)4/h3-14,21,23,25-26,30-31H,15-16H2,1-2H3;1H3,(H,3,4). The van der Waals surface area contributed by atoms with Crippen molar-refractivity contribution in [2.24, 2.45) is 0 Å². The number of para-hydroxylation sites is 1. The van der Waals surface area contributed by atoms with Crippen LogP contribution in [0.5, 0.6) is 5.75 Å². The van der Waals surface area contributed by atoms with Gasteiger partial charge in [0.25, 0.3) is 11.2 Å². The molecule has 218 valence electrons. The summed E-state index contributed by atoms with van der Waals surface area (Å²) in [6.07, 6.45) is 0.678. The van der Waals surface area contributed by atoms with E-state index in [9.17, 15) is 4.79 Å². The summed E-state index contributed by atoms with van der Waals surface area (Å²) in [5.41, 5.74) is 5.32. The maximum atomic E-state index is 12.6.